The molecule has 2 amide bonds. The highest BCUT2D eigenvalue weighted by Crippen LogP contribution is 2.22. The van der Waals surface area contributed by atoms with Crippen molar-refractivity contribution >= 4 is 35.2 Å². The molecule has 0 saturated carbocycles. The molecule has 1 atom stereocenters. The highest BCUT2D eigenvalue weighted by atomic mass is 35.5. The van der Waals surface area contributed by atoms with Crippen LogP contribution < -0.4 is 5.32 Å². The summed E-state index contributed by atoms with van der Waals surface area (Å²) >= 11 is 8.01. The third kappa shape index (κ3) is 8.44. The molecule has 0 fully saturated rings. The Morgan fingerprint density at radius 2 is 1.57 bits per heavy atom. The number of hydrogen-bond acceptors (Lipinski definition) is 3. The highest BCUT2D eigenvalue weighted by molar-refractivity contribution is 7.99. The standard InChI is InChI=1S/C29H33ClN2O2S/c1-21(2)31-29(34)27(17-23-9-5-4-6-10-23)32(18-25-11-7-8-12-26(25)30)28(33)20-35-19-24-15-13-22(3)14-16-24/h4-16,21,27H,17-20H2,1-3H3,(H,31,34)/t27-/m1/s1. The molecule has 0 saturated heterocycles. The number of halogens is 1. The number of carbonyl (C=O) groups excluding carboxylic acids is 2. The first kappa shape index (κ1) is 26.8. The van der Waals surface area contributed by atoms with Gasteiger partial charge in [-0.25, -0.2) is 0 Å². The zero-order valence-corrected chi connectivity index (χ0v) is 22.1. The predicted molar refractivity (Wildman–Crippen MR) is 147 cm³/mol. The smallest absolute Gasteiger partial charge is 0.243 e. The molecule has 0 bridgehead atoms. The first-order chi connectivity index (χ1) is 16.8. The van der Waals surface area contributed by atoms with Crippen LogP contribution in [0.5, 0.6) is 0 Å². The summed E-state index contributed by atoms with van der Waals surface area (Å²) < 4.78 is 0. The second-order valence-corrected chi connectivity index (χ2v) is 10.4. The van der Waals surface area contributed by atoms with Gasteiger partial charge in [-0.2, -0.15) is 0 Å². The zero-order valence-electron chi connectivity index (χ0n) is 20.5. The molecule has 0 heterocycles. The maximum Gasteiger partial charge on any atom is 0.243 e. The molecule has 0 aromatic heterocycles. The van der Waals surface area contributed by atoms with E-state index in [2.05, 4.69) is 36.5 Å². The number of benzene rings is 3. The Kier molecular flexibility index (Phi) is 10.2. The summed E-state index contributed by atoms with van der Waals surface area (Å²) in [6.07, 6.45) is 0.429. The van der Waals surface area contributed by atoms with Crippen molar-refractivity contribution in [3.8, 4) is 0 Å². The number of amides is 2. The monoisotopic (exact) mass is 508 g/mol. The lowest BCUT2D eigenvalue weighted by atomic mass is 10.0. The summed E-state index contributed by atoms with van der Waals surface area (Å²) in [7, 11) is 0. The minimum Gasteiger partial charge on any atom is -0.352 e. The van der Waals surface area contributed by atoms with Crippen LogP contribution in [0.1, 0.15) is 36.1 Å². The van der Waals surface area contributed by atoms with E-state index in [0.717, 1.165) is 16.9 Å². The molecule has 3 aromatic carbocycles. The van der Waals surface area contributed by atoms with Crippen molar-refractivity contribution in [1.29, 1.82) is 0 Å². The van der Waals surface area contributed by atoms with E-state index in [1.807, 2.05) is 68.4 Å². The molecule has 0 aliphatic carbocycles. The molecule has 6 heteroatoms. The average molecular weight is 509 g/mol. The minimum absolute atomic E-state index is 0.0334. The Bertz CT molecular complexity index is 1100. The molecule has 0 radical (unpaired) electrons. The van der Waals surface area contributed by atoms with Gasteiger partial charge in [0.25, 0.3) is 0 Å². The van der Waals surface area contributed by atoms with Crippen LogP contribution >= 0.6 is 23.4 Å². The van der Waals surface area contributed by atoms with E-state index in [4.69, 9.17) is 11.6 Å². The Morgan fingerprint density at radius 3 is 2.23 bits per heavy atom. The third-order valence-electron chi connectivity index (χ3n) is 5.62. The lowest BCUT2D eigenvalue weighted by Crippen LogP contribution is -2.52. The molecule has 3 aromatic rings. The first-order valence-electron chi connectivity index (χ1n) is 11.8. The molecule has 4 nitrogen and oxygen atoms in total. The lowest BCUT2D eigenvalue weighted by Gasteiger charge is -2.32. The van der Waals surface area contributed by atoms with Crippen LogP contribution in [0.15, 0.2) is 78.9 Å². The van der Waals surface area contributed by atoms with Crippen LogP contribution in [-0.2, 0) is 28.3 Å². The second-order valence-electron chi connectivity index (χ2n) is 8.96. The molecule has 0 aliphatic rings. The van der Waals surface area contributed by atoms with E-state index < -0.39 is 6.04 Å². The van der Waals surface area contributed by atoms with Gasteiger partial charge in [0.2, 0.25) is 11.8 Å². The topological polar surface area (TPSA) is 49.4 Å². The Balaban J connectivity index is 1.85. The number of aryl methyl sites for hydroxylation is 1. The molecule has 0 spiro atoms. The summed E-state index contributed by atoms with van der Waals surface area (Å²) in [5.41, 5.74) is 4.20. The van der Waals surface area contributed by atoms with Gasteiger partial charge < -0.3 is 10.2 Å². The largest absolute Gasteiger partial charge is 0.352 e. The van der Waals surface area contributed by atoms with Crippen LogP contribution in [0.25, 0.3) is 0 Å². The van der Waals surface area contributed by atoms with Crippen LogP contribution in [-0.4, -0.2) is 34.6 Å². The van der Waals surface area contributed by atoms with E-state index in [1.165, 1.54) is 11.1 Å². The zero-order chi connectivity index (χ0) is 25.2. The molecule has 3 rings (SSSR count). The molecular formula is C29H33ClN2O2S. The maximum atomic E-state index is 13.6. The van der Waals surface area contributed by atoms with Gasteiger partial charge in [-0.1, -0.05) is 90.0 Å². The minimum atomic E-state index is -0.649. The van der Waals surface area contributed by atoms with Gasteiger partial charge in [-0.05, 0) is 43.5 Å². The van der Waals surface area contributed by atoms with Gasteiger partial charge in [0.15, 0.2) is 0 Å². The molecule has 35 heavy (non-hydrogen) atoms. The van der Waals surface area contributed by atoms with Crippen molar-refractivity contribution < 1.29 is 9.59 Å². The maximum absolute atomic E-state index is 13.6. The number of rotatable bonds is 11. The van der Waals surface area contributed by atoms with Gasteiger partial charge in [-0.3, -0.25) is 9.59 Å². The number of hydrogen-bond donors (Lipinski definition) is 1. The molecule has 0 unspecified atom stereocenters. The fourth-order valence-corrected chi connectivity index (χ4v) is 4.83. The van der Waals surface area contributed by atoms with Crippen molar-refractivity contribution in [3.05, 3.63) is 106 Å². The van der Waals surface area contributed by atoms with Crippen molar-refractivity contribution in [2.45, 2.75) is 51.6 Å². The predicted octanol–water partition coefficient (Wildman–Crippen LogP) is 6.05. The van der Waals surface area contributed by atoms with Crippen LogP contribution in [0.4, 0.5) is 0 Å². The molecule has 1 N–H and O–H groups in total. The van der Waals surface area contributed by atoms with Gasteiger partial charge in [0, 0.05) is 29.8 Å². The first-order valence-corrected chi connectivity index (χ1v) is 13.4. The van der Waals surface area contributed by atoms with E-state index in [0.29, 0.717) is 11.4 Å². The van der Waals surface area contributed by atoms with E-state index in [1.54, 1.807) is 16.7 Å². The Hall–Kier alpha value is -2.76. The average Bonchev–Trinajstić information content (AvgIpc) is 2.83. The fraction of sp³-hybridized carbons (Fsp3) is 0.310. The number of thioether (sulfide) groups is 1. The Morgan fingerprint density at radius 1 is 0.914 bits per heavy atom. The van der Waals surface area contributed by atoms with Crippen LogP contribution in [0.3, 0.4) is 0 Å². The van der Waals surface area contributed by atoms with Crippen molar-refractivity contribution in [3.63, 3.8) is 0 Å². The molecular weight excluding hydrogens is 476 g/mol. The lowest BCUT2D eigenvalue weighted by molar-refractivity contribution is -0.139. The van der Waals surface area contributed by atoms with Crippen molar-refractivity contribution in [1.82, 2.24) is 10.2 Å². The molecule has 184 valence electrons. The summed E-state index contributed by atoms with van der Waals surface area (Å²) in [6, 6.07) is 24.9. The van der Waals surface area contributed by atoms with E-state index >= 15 is 0 Å². The van der Waals surface area contributed by atoms with Crippen LogP contribution in [0.2, 0.25) is 5.02 Å². The van der Waals surface area contributed by atoms with Crippen LogP contribution in [0, 0.1) is 6.92 Å². The summed E-state index contributed by atoms with van der Waals surface area (Å²) in [4.78, 5) is 28.7. The van der Waals surface area contributed by atoms with Gasteiger partial charge in [0.05, 0.1) is 5.75 Å². The number of nitrogens with one attached hydrogen (secondary N) is 1. The fourth-order valence-electron chi connectivity index (χ4n) is 3.77. The quantitative estimate of drug-likeness (QED) is 0.343. The molecule has 0 aliphatic heterocycles. The van der Waals surface area contributed by atoms with Gasteiger partial charge in [0.1, 0.15) is 6.04 Å². The Labute approximate surface area is 218 Å². The van der Waals surface area contributed by atoms with E-state index in [9.17, 15) is 9.59 Å². The number of nitrogens with zero attached hydrogens (tertiary/aromatic N) is 1. The second kappa shape index (κ2) is 13.4. The highest BCUT2D eigenvalue weighted by Gasteiger charge is 2.31. The summed E-state index contributed by atoms with van der Waals surface area (Å²) in [6.45, 7) is 6.18. The van der Waals surface area contributed by atoms with Crippen molar-refractivity contribution in [2.75, 3.05) is 5.75 Å². The van der Waals surface area contributed by atoms with Gasteiger partial charge in [-0.15, -0.1) is 11.8 Å². The summed E-state index contributed by atoms with van der Waals surface area (Å²) in [5.74, 6) is 0.765. The third-order valence-corrected chi connectivity index (χ3v) is 6.97. The van der Waals surface area contributed by atoms with Gasteiger partial charge >= 0.3 is 0 Å². The SMILES string of the molecule is Cc1ccc(CSCC(=O)N(Cc2ccccc2Cl)[C@H](Cc2ccccc2)C(=O)NC(C)C)cc1. The van der Waals surface area contributed by atoms with E-state index in [-0.39, 0.29) is 30.2 Å². The summed E-state index contributed by atoms with van der Waals surface area (Å²) in [5, 5.41) is 3.60. The van der Waals surface area contributed by atoms with Crippen molar-refractivity contribution in [2.24, 2.45) is 0 Å². The number of carbonyl (C=O) groups is 2. The normalized spacial score (nSPS) is 11.8.